The largest absolute Gasteiger partial charge is 0.405 e. The lowest BCUT2D eigenvalue weighted by Crippen LogP contribution is -2.27. The molecule has 1 atom stereocenters. The maximum Gasteiger partial charge on any atom is 0.0545 e. The van der Waals surface area contributed by atoms with Crippen molar-refractivity contribution in [2.75, 3.05) is 5.32 Å². The molecule has 0 spiro atoms. The quantitative estimate of drug-likeness (QED) is 0.103. The second kappa shape index (κ2) is 21.9. The van der Waals surface area contributed by atoms with Crippen LogP contribution in [0.4, 0.5) is 11.4 Å². The van der Waals surface area contributed by atoms with Crippen LogP contribution in [0.5, 0.6) is 0 Å². The average Bonchev–Trinajstić information content (AvgIpc) is 3.82. The van der Waals surface area contributed by atoms with Gasteiger partial charge in [0.15, 0.2) is 0 Å². The van der Waals surface area contributed by atoms with Gasteiger partial charge in [0.05, 0.1) is 5.52 Å². The monoisotopic (exact) mass is 906 g/mol. The Morgan fingerprint density at radius 3 is 1.70 bits per heavy atom. The molecule has 9 aromatic carbocycles. The minimum absolute atomic E-state index is 0.229. The molecule has 5 N–H and O–H groups in total. The van der Waals surface area contributed by atoms with Gasteiger partial charge in [0, 0.05) is 44.9 Å². The van der Waals surface area contributed by atoms with E-state index in [4.69, 9.17) is 11.1 Å². The van der Waals surface area contributed by atoms with Crippen molar-refractivity contribution in [1.29, 1.82) is 5.41 Å². The number of allylic oxidation sites excluding steroid dienone is 5. The average molecular weight is 907 g/mol. The van der Waals surface area contributed by atoms with Crippen LogP contribution in [0.15, 0.2) is 261 Å². The molecule has 0 amide bonds. The fraction of sp³-hybridized carbons (Fsp3) is 0.0758. The highest BCUT2D eigenvalue weighted by Gasteiger charge is 2.34. The summed E-state index contributed by atoms with van der Waals surface area (Å²) < 4.78 is 0. The van der Waals surface area contributed by atoms with Gasteiger partial charge in [-0.15, -0.1) is 0 Å². The molecule has 342 valence electrons. The lowest BCUT2D eigenvalue weighted by molar-refractivity contribution is 0.682. The van der Waals surface area contributed by atoms with Crippen molar-refractivity contribution >= 4 is 39.4 Å². The van der Waals surface area contributed by atoms with E-state index in [9.17, 15) is 0 Å². The first kappa shape index (κ1) is 46.4. The number of nitrogens with one attached hydrogen (secondary N) is 3. The van der Waals surface area contributed by atoms with Gasteiger partial charge in [-0.1, -0.05) is 206 Å². The Bertz CT molecular complexity index is 3400. The molecule has 0 aliphatic heterocycles. The van der Waals surface area contributed by atoms with Crippen LogP contribution < -0.4 is 11.1 Å². The van der Waals surface area contributed by atoms with Gasteiger partial charge in [0.25, 0.3) is 0 Å². The minimum atomic E-state index is -0.229. The van der Waals surface area contributed by atoms with Gasteiger partial charge in [0.1, 0.15) is 0 Å². The molecule has 1 aliphatic rings. The molecule has 4 heteroatoms. The van der Waals surface area contributed by atoms with Crippen LogP contribution in [-0.2, 0) is 5.41 Å². The van der Waals surface area contributed by atoms with Gasteiger partial charge in [0.2, 0.25) is 0 Å². The zero-order valence-corrected chi connectivity index (χ0v) is 39.8. The van der Waals surface area contributed by atoms with Crippen LogP contribution in [0.1, 0.15) is 36.5 Å². The smallest absolute Gasteiger partial charge is 0.0545 e. The standard InChI is InChI=1S/C33H31N.C30H21N.C3H6N2/c1-25-17-21-29(22-18-25)34-30-23-19-26(20-24-30)31-15-9-10-16-32(31)33(2,27-11-5-3-6-12-27)28-13-7-4-8-14-28;1-4-11-21(12-5-1)24-19-26(23-15-8-3-9-16-23)30-27(20-24)29-25(17-10-18-28(29)31-30)22-13-6-2-7-14-22;4-2-1-3-5/h3,5-7,9-24,34H,4,8H2,1-2H3;1-20,31H;1-4H,5H2/b;;3-1-,4-2?. The van der Waals surface area contributed by atoms with Crippen molar-refractivity contribution in [3.05, 3.63) is 277 Å². The fourth-order valence-corrected chi connectivity index (χ4v) is 9.55. The number of fused-ring (bicyclic) bond motifs is 3. The van der Waals surface area contributed by atoms with E-state index in [1.54, 1.807) is 0 Å². The number of benzene rings is 9. The van der Waals surface area contributed by atoms with Crippen LogP contribution in [0, 0.1) is 12.3 Å². The van der Waals surface area contributed by atoms with E-state index in [0.29, 0.717) is 0 Å². The lowest BCUT2D eigenvalue weighted by Gasteiger charge is -2.35. The predicted octanol–water partition coefficient (Wildman–Crippen LogP) is 17.4. The van der Waals surface area contributed by atoms with Crippen molar-refractivity contribution < 1.29 is 0 Å². The molecule has 0 saturated carbocycles. The first-order valence-electron chi connectivity index (χ1n) is 24.0. The third-order valence-corrected chi connectivity index (χ3v) is 13.1. The van der Waals surface area contributed by atoms with E-state index in [0.717, 1.165) is 30.4 Å². The maximum absolute atomic E-state index is 6.31. The second-order valence-electron chi connectivity index (χ2n) is 17.7. The number of anilines is 2. The number of H-pyrrole nitrogens is 1. The topological polar surface area (TPSA) is 77.7 Å². The number of rotatable bonds is 10. The number of nitrogens with two attached hydrogens (primary N) is 1. The van der Waals surface area contributed by atoms with Gasteiger partial charge in [-0.25, -0.2) is 0 Å². The summed E-state index contributed by atoms with van der Waals surface area (Å²) in [6, 6.07) is 80.2. The summed E-state index contributed by atoms with van der Waals surface area (Å²) in [5.41, 5.74) is 24.3. The SMILES string of the molecule is Cc1ccc(Nc2ccc(-c3ccccc3C(C)(C3=CCCC=C3)c3ccccc3)cc2)cc1.N=C/C=C\N.c1ccc(-c2cc(-c3ccccc3)c3[nH]c4cccc(-c5ccccc5)c4c3c2)cc1. The highest BCUT2D eigenvalue weighted by molar-refractivity contribution is 6.18. The van der Waals surface area contributed by atoms with E-state index < -0.39 is 0 Å². The summed E-state index contributed by atoms with van der Waals surface area (Å²) in [5, 5.41) is 12.4. The van der Waals surface area contributed by atoms with E-state index in [-0.39, 0.29) is 5.41 Å². The Morgan fingerprint density at radius 1 is 0.543 bits per heavy atom. The van der Waals surface area contributed by atoms with E-state index in [1.165, 1.54) is 101 Å². The molecule has 4 nitrogen and oxygen atoms in total. The van der Waals surface area contributed by atoms with E-state index >= 15 is 0 Å². The zero-order valence-electron chi connectivity index (χ0n) is 39.8. The second-order valence-corrected chi connectivity index (χ2v) is 17.7. The number of aromatic nitrogens is 1. The van der Waals surface area contributed by atoms with Crippen LogP contribution in [0.3, 0.4) is 0 Å². The number of aromatic amines is 1. The molecule has 0 fully saturated rings. The first-order chi connectivity index (χ1) is 34.4. The van der Waals surface area contributed by atoms with Crippen molar-refractivity contribution in [2.24, 2.45) is 5.73 Å². The lowest BCUT2D eigenvalue weighted by atomic mass is 9.67. The number of aryl methyl sites for hydroxylation is 1. The van der Waals surface area contributed by atoms with Crippen LogP contribution >= 0.6 is 0 Å². The highest BCUT2D eigenvalue weighted by Crippen LogP contribution is 2.45. The fourth-order valence-electron chi connectivity index (χ4n) is 9.55. The van der Waals surface area contributed by atoms with Crippen molar-refractivity contribution in [1.82, 2.24) is 4.98 Å². The molecule has 11 rings (SSSR count). The predicted molar refractivity (Wildman–Crippen MR) is 300 cm³/mol. The van der Waals surface area contributed by atoms with E-state index in [2.05, 4.69) is 267 Å². The third-order valence-electron chi connectivity index (χ3n) is 13.1. The summed E-state index contributed by atoms with van der Waals surface area (Å²) in [6.07, 6.45) is 13.1. The highest BCUT2D eigenvalue weighted by atomic mass is 14.9. The van der Waals surface area contributed by atoms with Crippen molar-refractivity contribution in [2.45, 2.75) is 32.1 Å². The molecule has 70 heavy (non-hydrogen) atoms. The Kier molecular flexibility index (Phi) is 14.5. The number of hydrogen-bond donors (Lipinski definition) is 4. The van der Waals surface area contributed by atoms with Gasteiger partial charge in [-0.05, 0) is 137 Å². The molecule has 1 aliphatic carbocycles. The summed E-state index contributed by atoms with van der Waals surface area (Å²) in [5.74, 6) is 0. The molecule has 0 radical (unpaired) electrons. The Labute approximate surface area is 412 Å². The normalized spacial score (nSPS) is 12.8. The Morgan fingerprint density at radius 2 is 1.10 bits per heavy atom. The molecular weight excluding hydrogens is 849 g/mol. The molecule has 0 saturated heterocycles. The summed E-state index contributed by atoms with van der Waals surface area (Å²) >= 11 is 0. The summed E-state index contributed by atoms with van der Waals surface area (Å²) in [4.78, 5) is 3.73. The van der Waals surface area contributed by atoms with Crippen LogP contribution in [0.2, 0.25) is 0 Å². The maximum atomic E-state index is 6.31. The number of hydrogen-bond acceptors (Lipinski definition) is 3. The Hall–Kier alpha value is -8.73. The van der Waals surface area contributed by atoms with Gasteiger partial charge >= 0.3 is 0 Å². The minimum Gasteiger partial charge on any atom is -0.405 e. The third kappa shape index (κ3) is 10.2. The zero-order chi connectivity index (χ0) is 48.1. The van der Waals surface area contributed by atoms with Crippen molar-refractivity contribution in [3.8, 4) is 44.5 Å². The molecule has 1 aromatic heterocycles. The van der Waals surface area contributed by atoms with Crippen LogP contribution in [0.25, 0.3) is 66.3 Å². The van der Waals surface area contributed by atoms with Gasteiger partial charge in [-0.3, -0.25) is 0 Å². The molecule has 1 heterocycles. The molecule has 1 unspecified atom stereocenters. The molecular formula is C66H58N4. The van der Waals surface area contributed by atoms with Gasteiger partial charge in [-0.2, -0.15) is 0 Å². The molecule has 10 aromatic rings. The molecule has 0 bridgehead atoms. The van der Waals surface area contributed by atoms with Gasteiger partial charge < -0.3 is 21.4 Å². The van der Waals surface area contributed by atoms with E-state index in [1.807, 2.05) is 0 Å². The first-order valence-corrected chi connectivity index (χ1v) is 24.0. The summed E-state index contributed by atoms with van der Waals surface area (Å²) in [7, 11) is 0. The summed E-state index contributed by atoms with van der Waals surface area (Å²) in [6.45, 7) is 4.48. The Balaban J connectivity index is 0.000000159. The van der Waals surface area contributed by atoms with Crippen LogP contribution in [-0.4, -0.2) is 11.2 Å². The van der Waals surface area contributed by atoms with Crippen molar-refractivity contribution in [3.63, 3.8) is 0 Å².